The number of aliphatic hydroxyl groups is 2. The minimum atomic E-state index is -0.866. The lowest BCUT2D eigenvalue weighted by Crippen LogP contribution is -2.29. The van der Waals surface area contributed by atoms with Crippen molar-refractivity contribution in [1.29, 1.82) is 0 Å². The SMILES string of the molecule is C[C@H]1CNc2nc3cc(CC[C@H]4C[C@@H](n5ccc6c(N)ncnc65)[C@H](O)[C@@H]4O)ccc3cc2O1. The molecule has 1 saturated carbocycles. The van der Waals surface area contributed by atoms with Crippen LogP contribution in [0.25, 0.3) is 21.9 Å². The summed E-state index contributed by atoms with van der Waals surface area (Å²) in [5.74, 6) is 1.96. The van der Waals surface area contributed by atoms with Gasteiger partial charge in [0.25, 0.3) is 0 Å². The number of hydrogen-bond acceptors (Lipinski definition) is 8. The first kappa shape index (κ1) is 21.1. The number of nitrogens with zero attached hydrogens (tertiary/aromatic N) is 4. The molecule has 9 nitrogen and oxygen atoms in total. The number of fused-ring (bicyclic) bond motifs is 3. The number of nitrogens with one attached hydrogen (secondary N) is 1. The Hall–Kier alpha value is -3.43. The third kappa shape index (κ3) is 3.52. The lowest BCUT2D eigenvalue weighted by Gasteiger charge is -2.24. The molecule has 3 aromatic heterocycles. The Balaban J connectivity index is 1.19. The fourth-order valence-corrected chi connectivity index (χ4v) is 5.34. The molecule has 176 valence electrons. The van der Waals surface area contributed by atoms with E-state index in [0.717, 1.165) is 52.8 Å². The average molecular weight is 461 g/mol. The zero-order valence-electron chi connectivity index (χ0n) is 18.9. The first-order chi connectivity index (χ1) is 16.5. The average Bonchev–Trinajstić information content (AvgIpc) is 3.38. The number of nitrogen functional groups attached to an aromatic ring is 1. The van der Waals surface area contributed by atoms with Crippen LogP contribution in [0.15, 0.2) is 42.9 Å². The monoisotopic (exact) mass is 460 g/mol. The van der Waals surface area contributed by atoms with Crippen molar-refractivity contribution < 1.29 is 14.9 Å². The van der Waals surface area contributed by atoms with Crippen LogP contribution in [0.5, 0.6) is 5.75 Å². The fourth-order valence-electron chi connectivity index (χ4n) is 5.34. The van der Waals surface area contributed by atoms with Crippen molar-refractivity contribution in [3.63, 3.8) is 0 Å². The number of nitrogens with two attached hydrogens (primary N) is 1. The Morgan fingerprint density at radius 3 is 2.94 bits per heavy atom. The number of aromatic nitrogens is 4. The number of aryl methyl sites for hydroxylation is 1. The quantitative estimate of drug-likeness (QED) is 0.366. The third-order valence-electron chi connectivity index (χ3n) is 7.20. The van der Waals surface area contributed by atoms with E-state index >= 15 is 0 Å². The summed E-state index contributed by atoms with van der Waals surface area (Å²) in [5, 5.41) is 26.7. The predicted octanol–water partition coefficient (Wildman–Crippen LogP) is 2.67. The zero-order chi connectivity index (χ0) is 23.4. The maximum atomic E-state index is 10.8. The highest BCUT2D eigenvalue weighted by Gasteiger charge is 2.42. The molecule has 0 bridgehead atoms. The predicted molar refractivity (Wildman–Crippen MR) is 130 cm³/mol. The Kier molecular flexibility index (Phi) is 5.04. The Morgan fingerprint density at radius 2 is 2.06 bits per heavy atom. The van der Waals surface area contributed by atoms with Gasteiger partial charge < -0.3 is 30.6 Å². The Morgan fingerprint density at radius 1 is 1.18 bits per heavy atom. The molecule has 9 heteroatoms. The summed E-state index contributed by atoms with van der Waals surface area (Å²) >= 11 is 0. The maximum absolute atomic E-state index is 10.8. The molecule has 2 aliphatic rings. The van der Waals surface area contributed by atoms with Gasteiger partial charge in [0.2, 0.25) is 0 Å². The molecule has 5 N–H and O–H groups in total. The van der Waals surface area contributed by atoms with Gasteiger partial charge in [-0.2, -0.15) is 0 Å². The molecule has 4 aromatic rings. The minimum Gasteiger partial charge on any atom is -0.485 e. The van der Waals surface area contributed by atoms with Gasteiger partial charge in [0.05, 0.1) is 29.6 Å². The number of pyridine rings is 1. The lowest BCUT2D eigenvalue weighted by atomic mass is 9.95. The molecule has 34 heavy (non-hydrogen) atoms. The van der Waals surface area contributed by atoms with Crippen LogP contribution in [-0.2, 0) is 6.42 Å². The van der Waals surface area contributed by atoms with E-state index in [0.29, 0.717) is 17.9 Å². The topological polar surface area (TPSA) is 131 Å². The zero-order valence-corrected chi connectivity index (χ0v) is 18.9. The molecule has 0 spiro atoms. The molecule has 1 aliphatic heterocycles. The number of benzene rings is 1. The van der Waals surface area contributed by atoms with Crippen molar-refractivity contribution in [3.8, 4) is 5.75 Å². The molecule has 6 rings (SSSR count). The molecule has 5 atom stereocenters. The van der Waals surface area contributed by atoms with Gasteiger partial charge in [0, 0.05) is 11.6 Å². The molecule has 1 aromatic carbocycles. The molecule has 1 aliphatic carbocycles. The highest BCUT2D eigenvalue weighted by atomic mass is 16.5. The number of hydrogen-bond donors (Lipinski definition) is 4. The van der Waals surface area contributed by atoms with Crippen LogP contribution in [0.1, 0.15) is 31.4 Å². The van der Waals surface area contributed by atoms with E-state index in [9.17, 15) is 10.2 Å². The van der Waals surface area contributed by atoms with Gasteiger partial charge >= 0.3 is 0 Å². The van der Waals surface area contributed by atoms with Gasteiger partial charge in [-0.25, -0.2) is 15.0 Å². The number of ether oxygens (including phenoxy) is 1. The molecular formula is C25H28N6O3. The van der Waals surface area contributed by atoms with Gasteiger partial charge in [-0.05, 0) is 55.9 Å². The van der Waals surface area contributed by atoms with Crippen molar-refractivity contribution >= 4 is 33.6 Å². The molecule has 4 heterocycles. The van der Waals surface area contributed by atoms with Crippen molar-refractivity contribution in [2.75, 3.05) is 17.6 Å². The van der Waals surface area contributed by atoms with Crippen LogP contribution in [0, 0.1) is 5.92 Å². The van der Waals surface area contributed by atoms with Crippen LogP contribution in [0.3, 0.4) is 0 Å². The van der Waals surface area contributed by atoms with Crippen molar-refractivity contribution in [2.45, 2.75) is 50.5 Å². The first-order valence-corrected chi connectivity index (χ1v) is 11.8. The van der Waals surface area contributed by atoms with Gasteiger partial charge in [-0.3, -0.25) is 0 Å². The third-order valence-corrected chi connectivity index (χ3v) is 7.20. The highest BCUT2D eigenvalue weighted by molar-refractivity contribution is 5.86. The van der Waals surface area contributed by atoms with E-state index in [1.807, 2.05) is 29.8 Å². The van der Waals surface area contributed by atoms with E-state index in [2.05, 4.69) is 33.5 Å². The van der Waals surface area contributed by atoms with E-state index in [4.69, 9.17) is 15.5 Å². The minimum absolute atomic E-state index is 0.0274. The van der Waals surface area contributed by atoms with Gasteiger partial charge in [0.1, 0.15) is 30.0 Å². The molecule has 0 unspecified atom stereocenters. The molecule has 0 amide bonds. The second kappa shape index (κ2) is 8.11. The van der Waals surface area contributed by atoms with Crippen LogP contribution in [0.2, 0.25) is 0 Å². The van der Waals surface area contributed by atoms with Crippen molar-refractivity contribution in [3.05, 3.63) is 48.4 Å². The maximum Gasteiger partial charge on any atom is 0.169 e. The van der Waals surface area contributed by atoms with Crippen LogP contribution in [-0.4, -0.2) is 54.6 Å². The van der Waals surface area contributed by atoms with Gasteiger partial charge in [-0.1, -0.05) is 12.1 Å². The molecule has 0 radical (unpaired) electrons. The fraction of sp³-hybridized carbons (Fsp3) is 0.400. The summed E-state index contributed by atoms with van der Waals surface area (Å²) in [5.41, 5.74) is 8.72. The van der Waals surface area contributed by atoms with Crippen LogP contribution >= 0.6 is 0 Å². The van der Waals surface area contributed by atoms with Crippen LogP contribution < -0.4 is 15.8 Å². The Labute approximate surface area is 196 Å². The van der Waals surface area contributed by atoms with Crippen molar-refractivity contribution in [2.24, 2.45) is 5.92 Å². The van der Waals surface area contributed by atoms with E-state index in [-0.39, 0.29) is 18.1 Å². The number of aliphatic hydroxyl groups excluding tert-OH is 2. The number of anilines is 2. The summed E-state index contributed by atoms with van der Waals surface area (Å²) in [6.45, 7) is 2.77. The van der Waals surface area contributed by atoms with Crippen LogP contribution in [0.4, 0.5) is 11.6 Å². The summed E-state index contributed by atoms with van der Waals surface area (Å²) in [7, 11) is 0. The largest absolute Gasteiger partial charge is 0.485 e. The summed E-state index contributed by atoms with van der Waals surface area (Å²) in [4.78, 5) is 13.1. The first-order valence-electron chi connectivity index (χ1n) is 11.8. The molecule has 0 saturated heterocycles. The second-order valence-corrected chi connectivity index (χ2v) is 9.47. The molecular weight excluding hydrogens is 432 g/mol. The van der Waals surface area contributed by atoms with E-state index in [1.54, 1.807) is 0 Å². The van der Waals surface area contributed by atoms with Gasteiger partial charge in [-0.15, -0.1) is 0 Å². The smallest absolute Gasteiger partial charge is 0.169 e. The normalized spacial score (nSPS) is 26.4. The second-order valence-electron chi connectivity index (χ2n) is 9.47. The number of rotatable bonds is 4. The summed E-state index contributed by atoms with van der Waals surface area (Å²) in [6.07, 6.45) is 3.97. The Bertz CT molecular complexity index is 1370. The van der Waals surface area contributed by atoms with E-state index < -0.39 is 12.2 Å². The summed E-state index contributed by atoms with van der Waals surface area (Å²) in [6, 6.07) is 9.90. The van der Waals surface area contributed by atoms with Gasteiger partial charge in [0.15, 0.2) is 11.6 Å². The van der Waals surface area contributed by atoms with Crippen molar-refractivity contribution in [1.82, 2.24) is 19.5 Å². The standard InChI is InChI=1S/C25H28N6O3/c1-13-11-27-24-20(34-13)10-15-4-2-14(8-18(15)30-24)3-5-16-9-19(22(33)21(16)32)31-7-6-17-23(26)28-12-29-25(17)31/h2,4,6-8,10,12-13,16,19,21-22,32-33H,3,5,9,11H2,1H3,(H,27,30)(H2,26,28,29)/t13-,16-,19+,21+,22-/m0/s1. The molecule has 1 fully saturated rings. The summed E-state index contributed by atoms with van der Waals surface area (Å²) < 4.78 is 7.80. The van der Waals surface area contributed by atoms with E-state index in [1.165, 1.54) is 6.33 Å². The highest BCUT2D eigenvalue weighted by Crippen LogP contribution is 2.40. The lowest BCUT2D eigenvalue weighted by molar-refractivity contribution is 0.00545.